The number of halogens is 2. The number of nitrogen functional groups attached to an aromatic ring is 1. The molecular formula is C14H10F2N4. The minimum Gasteiger partial charge on any atom is -0.382 e. The molecule has 2 aromatic heterocycles. The smallest absolute Gasteiger partial charge is 0.153 e. The van der Waals surface area contributed by atoms with E-state index in [1.54, 1.807) is 18.2 Å². The highest BCUT2D eigenvalue weighted by Crippen LogP contribution is 2.35. The lowest BCUT2D eigenvalue weighted by Gasteiger charge is -2.05. The number of H-pyrrole nitrogens is 1. The molecule has 0 fully saturated rings. The number of nitrogens with zero attached hydrogens (tertiary/aromatic N) is 2. The van der Waals surface area contributed by atoms with Crippen molar-refractivity contribution < 1.29 is 8.78 Å². The molecule has 0 aliphatic carbocycles. The van der Waals surface area contributed by atoms with Crippen LogP contribution in [0.5, 0.6) is 0 Å². The van der Waals surface area contributed by atoms with Crippen molar-refractivity contribution in [3.63, 3.8) is 0 Å². The summed E-state index contributed by atoms with van der Waals surface area (Å²) < 4.78 is 27.2. The number of nitrogens with one attached hydrogen (secondary N) is 1. The molecule has 2 heterocycles. The van der Waals surface area contributed by atoms with Gasteiger partial charge in [-0.05, 0) is 12.1 Å². The highest BCUT2D eigenvalue weighted by molar-refractivity contribution is 5.87. The molecule has 3 rings (SSSR count). The first-order chi connectivity index (χ1) is 9.66. The fraction of sp³-hybridized carbons (Fsp3) is 0. The van der Waals surface area contributed by atoms with E-state index in [0.717, 1.165) is 6.20 Å². The zero-order chi connectivity index (χ0) is 14.1. The van der Waals surface area contributed by atoms with Crippen molar-refractivity contribution in [1.82, 2.24) is 15.2 Å². The topological polar surface area (TPSA) is 67.6 Å². The predicted molar refractivity (Wildman–Crippen MR) is 71.6 cm³/mol. The summed E-state index contributed by atoms with van der Waals surface area (Å²) in [6.07, 6.45) is 2.55. The molecule has 3 N–H and O–H groups in total. The molecule has 0 saturated heterocycles. The number of hydrogen-bond acceptors (Lipinski definition) is 3. The molecule has 100 valence electrons. The van der Waals surface area contributed by atoms with E-state index in [4.69, 9.17) is 5.73 Å². The maximum Gasteiger partial charge on any atom is 0.153 e. The van der Waals surface area contributed by atoms with Gasteiger partial charge >= 0.3 is 0 Å². The summed E-state index contributed by atoms with van der Waals surface area (Å²) in [5.74, 6) is -0.768. The molecule has 1 aromatic carbocycles. The standard InChI is InChI=1S/C14H10F2N4/c15-9-5-8(6-18-7-9)13-12(14(17)20-19-13)10-3-1-2-4-11(10)16/h1-7H,(H3,17,19,20). The molecule has 0 saturated carbocycles. The molecule has 0 aliphatic rings. The van der Waals surface area contributed by atoms with Crippen LogP contribution in [0.2, 0.25) is 0 Å². The fourth-order valence-electron chi connectivity index (χ4n) is 2.05. The van der Waals surface area contributed by atoms with Crippen molar-refractivity contribution in [3.8, 4) is 22.4 Å². The minimum atomic E-state index is -0.491. The number of benzene rings is 1. The predicted octanol–water partition coefficient (Wildman–Crippen LogP) is 3.00. The second-order valence-corrected chi connectivity index (χ2v) is 4.23. The Hall–Kier alpha value is -2.76. The van der Waals surface area contributed by atoms with Crippen LogP contribution in [0.15, 0.2) is 42.7 Å². The van der Waals surface area contributed by atoms with Crippen LogP contribution < -0.4 is 5.73 Å². The van der Waals surface area contributed by atoms with E-state index in [9.17, 15) is 8.78 Å². The van der Waals surface area contributed by atoms with Gasteiger partial charge in [0.15, 0.2) is 5.82 Å². The number of hydrogen-bond donors (Lipinski definition) is 2. The van der Waals surface area contributed by atoms with Gasteiger partial charge in [0.25, 0.3) is 0 Å². The van der Waals surface area contributed by atoms with E-state index in [-0.39, 0.29) is 5.82 Å². The summed E-state index contributed by atoms with van der Waals surface area (Å²) in [5, 5.41) is 6.57. The van der Waals surface area contributed by atoms with Crippen LogP contribution in [-0.2, 0) is 0 Å². The Morgan fingerprint density at radius 2 is 1.90 bits per heavy atom. The largest absolute Gasteiger partial charge is 0.382 e. The number of pyridine rings is 1. The molecule has 0 unspecified atom stereocenters. The average Bonchev–Trinajstić information content (AvgIpc) is 2.81. The lowest BCUT2D eigenvalue weighted by molar-refractivity contribution is 0.622. The van der Waals surface area contributed by atoms with E-state index in [2.05, 4.69) is 15.2 Å². The first kappa shape index (κ1) is 12.3. The Labute approximate surface area is 113 Å². The Morgan fingerprint density at radius 1 is 1.10 bits per heavy atom. The highest BCUT2D eigenvalue weighted by Gasteiger charge is 2.18. The first-order valence-corrected chi connectivity index (χ1v) is 5.86. The van der Waals surface area contributed by atoms with Gasteiger partial charge in [-0.1, -0.05) is 18.2 Å². The number of nitrogens with two attached hydrogens (primary N) is 1. The molecule has 0 radical (unpaired) electrons. The molecule has 0 amide bonds. The number of aromatic nitrogens is 3. The maximum absolute atomic E-state index is 13.9. The van der Waals surface area contributed by atoms with Gasteiger partial charge in [0.2, 0.25) is 0 Å². The number of aromatic amines is 1. The Morgan fingerprint density at radius 3 is 2.65 bits per heavy atom. The van der Waals surface area contributed by atoms with Crippen molar-refractivity contribution in [2.75, 3.05) is 5.73 Å². The van der Waals surface area contributed by atoms with Crippen LogP contribution in [0.3, 0.4) is 0 Å². The van der Waals surface area contributed by atoms with Crippen LogP contribution in [0.25, 0.3) is 22.4 Å². The van der Waals surface area contributed by atoms with Crippen LogP contribution in [0, 0.1) is 11.6 Å². The van der Waals surface area contributed by atoms with Crippen LogP contribution in [0.1, 0.15) is 0 Å². The molecular weight excluding hydrogens is 262 g/mol. The van der Waals surface area contributed by atoms with Crippen LogP contribution >= 0.6 is 0 Å². The van der Waals surface area contributed by atoms with Gasteiger partial charge in [-0.3, -0.25) is 10.1 Å². The zero-order valence-electron chi connectivity index (χ0n) is 10.3. The van der Waals surface area contributed by atoms with Crippen molar-refractivity contribution in [2.24, 2.45) is 0 Å². The minimum absolute atomic E-state index is 0.148. The Bertz CT molecular complexity index is 767. The summed E-state index contributed by atoms with van der Waals surface area (Å²) in [6, 6.07) is 7.48. The summed E-state index contributed by atoms with van der Waals surface area (Å²) >= 11 is 0. The highest BCUT2D eigenvalue weighted by atomic mass is 19.1. The molecule has 0 atom stereocenters. The van der Waals surface area contributed by atoms with Crippen molar-refractivity contribution >= 4 is 5.82 Å². The van der Waals surface area contributed by atoms with Crippen molar-refractivity contribution in [1.29, 1.82) is 0 Å². The quantitative estimate of drug-likeness (QED) is 0.753. The molecule has 0 bridgehead atoms. The molecule has 0 aliphatic heterocycles. The molecule has 3 aromatic rings. The monoisotopic (exact) mass is 272 g/mol. The summed E-state index contributed by atoms with van der Waals surface area (Å²) in [7, 11) is 0. The third-order valence-electron chi connectivity index (χ3n) is 2.93. The first-order valence-electron chi connectivity index (χ1n) is 5.86. The van der Waals surface area contributed by atoms with Crippen LogP contribution in [0.4, 0.5) is 14.6 Å². The second-order valence-electron chi connectivity index (χ2n) is 4.23. The van der Waals surface area contributed by atoms with E-state index >= 15 is 0 Å². The lowest BCUT2D eigenvalue weighted by atomic mass is 10.0. The van der Waals surface area contributed by atoms with Gasteiger partial charge in [-0.15, -0.1) is 0 Å². The maximum atomic E-state index is 13.9. The summed E-state index contributed by atoms with van der Waals surface area (Å²) in [5.41, 5.74) is 7.38. The van der Waals surface area contributed by atoms with E-state index in [1.165, 1.54) is 18.3 Å². The summed E-state index contributed by atoms with van der Waals surface area (Å²) in [6.45, 7) is 0. The SMILES string of the molecule is Nc1n[nH]c(-c2cncc(F)c2)c1-c1ccccc1F. The third-order valence-corrected chi connectivity index (χ3v) is 2.93. The lowest BCUT2D eigenvalue weighted by Crippen LogP contribution is -1.92. The van der Waals surface area contributed by atoms with E-state index in [0.29, 0.717) is 22.4 Å². The van der Waals surface area contributed by atoms with Gasteiger partial charge in [-0.25, -0.2) is 8.78 Å². The molecule has 4 nitrogen and oxygen atoms in total. The summed E-state index contributed by atoms with van der Waals surface area (Å²) in [4.78, 5) is 3.77. The van der Waals surface area contributed by atoms with Gasteiger partial charge in [0.1, 0.15) is 11.6 Å². The Kier molecular flexibility index (Phi) is 2.90. The number of anilines is 1. The van der Waals surface area contributed by atoms with Crippen LogP contribution in [-0.4, -0.2) is 15.2 Å². The fourth-order valence-corrected chi connectivity index (χ4v) is 2.05. The second kappa shape index (κ2) is 4.73. The Balaban J connectivity index is 2.23. The average molecular weight is 272 g/mol. The van der Waals surface area contributed by atoms with Gasteiger partial charge in [0.05, 0.1) is 17.5 Å². The van der Waals surface area contributed by atoms with E-state index in [1.807, 2.05) is 0 Å². The van der Waals surface area contributed by atoms with Gasteiger partial charge in [0, 0.05) is 17.3 Å². The van der Waals surface area contributed by atoms with E-state index < -0.39 is 11.6 Å². The van der Waals surface area contributed by atoms with Crippen molar-refractivity contribution in [3.05, 3.63) is 54.4 Å². The molecule has 20 heavy (non-hydrogen) atoms. The molecule has 0 spiro atoms. The normalized spacial score (nSPS) is 10.7. The number of rotatable bonds is 2. The van der Waals surface area contributed by atoms with Gasteiger partial charge in [-0.2, -0.15) is 5.10 Å². The zero-order valence-corrected chi connectivity index (χ0v) is 10.3. The third kappa shape index (κ3) is 2.01. The van der Waals surface area contributed by atoms with Gasteiger partial charge < -0.3 is 5.73 Å². The van der Waals surface area contributed by atoms with Crippen molar-refractivity contribution in [2.45, 2.75) is 0 Å². The molecule has 6 heteroatoms.